The Hall–Kier alpha value is -5.72. The molecule has 2 aromatic carbocycles. The van der Waals surface area contributed by atoms with Crippen LogP contribution in [0.5, 0.6) is 0 Å². The minimum Gasteiger partial charge on any atom is -0.453 e. The number of aromatic amines is 2. The van der Waals surface area contributed by atoms with E-state index < -0.39 is 17.7 Å². The number of benzene rings is 2. The summed E-state index contributed by atoms with van der Waals surface area (Å²) in [7, 11) is 1.30. The van der Waals surface area contributed by atoms with Crippen LogP contribution >= 0.6 is 0 Å². The summed E-state index contributed by atoms with van der Waals surface area (Å²) in [6.07, 6.45) is 14.5. The van der Waals surface area contributed by atoms with Crippen molar-refractivity contribution in [1.82, 2.24) is 40.0 Å². The van der Waals surface area contributed by atoms with Gasteiger partial charge in [-0.25, -0.2) is 19.6 Å². The molecule has 13 heteroatoms. The average molecular weight is 841 g/mol. The summed E-state index contributed by atoms with van der Waals surface area (Å²) in [5, 5.41) is 2.73. The molecule has 3 fully saturated rings. The van der Waals surface area contributed by atoms with Gasteiger partial charge in [-0.05, 0) is 136 Å². The third-order valence-electron chi connectivity index (χ3n) is 13.7. The molecule has 62 heavy (non-hydrogen) atoms. The Morgan fingerprint density at radius 2 is 1.53 bits per heavy atom. The summed E-state index contributed by atoms with van der Waals surface area (Å²) in [5.74, 6) is 1.31. The lowest BCUT2D eigenvalue weighted by Crippen LogP contribution is -2.51. The molecule has 3 amide bonds. The molecule has 9 rings (SSSR count). The average Bonchev–Trinajstić information content (AvgIpc) is 4.11. The zero-order valence-electron chi connectivity index (χ0n) is 37.0. The number of ether oxygens (including phenoxy) is 2. The second-order valence-electron chi connectivity index (χ2n) is 19.2. The number of likely N-dealkylation sites (tertiary alicyclic amines) is 2. The van der Waals surface area contributed by atoms with Crippen LogP contribution < -0.4 is 5.32 Å². The lowest BCUT2D eigenvalue weighted by molar-refractivity contribution is -0.135. The molecule has 3 N–H and O–H groups in total. The van der Waals surface area contributed by atoms with Crippen molar-refractivity contribution < 1.29 is 23.9 Å². The number of amides is 3. The number of hydrogen-bond donors (Lipinski definition) is 3. The molecular weight excluding hydrogens is 781 g/mol. The normalized spacial score (nSPS) is 20.2. The third-order valence-corrected chi connectivity index (χ3v) is 13.7. The molecule has 3 aromatic heterocycles. The van der Waals surface area contributed by atoms with Crippen LogP contribution in [0.2, 0.25) is 0 Å². The van der Waals surface area contributed by atoms with Gasteiger partial charge in [0, 0.05) is 30.4 Å². The van der Waals surface area contributed by atoms with Gasteiger partial charge < -0.3 is 29.7 Å². The molecule has 2 saturated heterocycles. The van der Waals surface area contributed by atoms with Gasteiger partial charge in [-0.3, -0.25) is 14.7 Å². The van der Waals surface area contributed by atoms with Crippen LogP contribution in [0, 0.1) is 5.92 Å². The summed E-state index contributed by atoms with van der Waals surface area (Å²) in [6, 6.07) is 14.4. The summed E-state index contributed by atoms with van der Waals surface area (Å²) >= 11 is 0. The largest absolute Gasteiger partial charge is 0.453 e. The van der Waals surface area contributed by atoms with Crippen molar-refractivity contribution in [2.24, 2.45) is 5.92 Å². The number of rotatable bonds is 8. The molecule has 13 nitrogen and oxygen atoms in total. The number of carbonyl (C=O) groups excluding carboxylic acids is 3. The van der Waals surface area contributed by atoms with Gasteiger partial charge in [0.05, 0.1) is 47.8 Å². The van der Waals surface area contributed by atoms with E-state index in [-0.39, 0.29) is 35.4 Å². The van der Waals surface area contributed by atoms with Crippen LogP contribution in [-0.4, -0.2) is 84.7 Å². The number of methoxy groups -OCH3 is 1. The Balaban J connectivity index is 0.993. The van der Waals surface area contributed by atoms with E-state index in [4.69, 9.17) is 24.4 Å². The molecule has 2 aliphatic carbocycles. The van der Waals surface area contributed by atoms with Gasteiger partial charge in [-0.2, -0.15) is 0 Å². The second-order valence-corrected chi connectivity index (χ2v) is 19.2. The molecule has 2 aliphatic heterocycles. The van der Waals surface area contributed by atoms with Crippen molar-refractivity contribution in [1.29, 1.82) is 0 Å². The standard InChI is InChI=1S/C49H60N8O5/c1-29(2)42(55-46(59)61-6)45(58)56-24-10-13-39(56)43-51-28-38(54-43)31-16-19-35(50-27-31)33-18-17-32(41-34(33)12-9-23-49(41)21-7-8-22-49)30-15-20-36-37(26-30)53-44(52-36)40-14-11-25-57(40)47(60)62-48(3,4)5/h15-20,26-29,39-40,42H,7-14,21-25H2,1-6H3,(H,51,54)(H,52,53)(H,55,59)/t39-,40-,42-/m0/s1. The molecule has 5 heterocycles. The van der Waals surface area contributed by atoms with E-state index in [1.807, 2.05) is 56.8 Å². The number of pyridine rings is 1. The minimum absolute atomic E-state index is 0.104. The Morgan fingerprint density at radius 1 is 0.823 bits per heavy atom. The summed E-state index contributed by atoms with van der Waals surface area (Å²) < 4.78 is 10.6. The number of aromatic nitrogens is 5. The van der Waals surface area contributed by atoms with E-state index in [9.17, 15) is 14.4 Å². The van der Waals surface area contributed by atoms with Gasteiger partial charge in [0.15, 0.2) is 0 Å². The zero-order valence-corrected chi connectivity index (χ0v) is 37.0. The van der Waals surface area contributed by atoms with E-state index in [1.54, 1.807) is 0 Å². The lowest BCUT2D eigenvalue weighted by Gasteiger charge is -2.39. The quantitative estimate of drug-likeness (QED) is 0.139. The van der Waals surface area contributed by atoms with Gasteiger partial charge in [0.2, 0.25) is 5.91 Å². The van der Waals surface area contributed by atoms with E-state index >= 15 is 0 Å². The second kappa shape index (κ2) is 16.5. The maximum atomic E-state index is 13.7. The molecule has 4 aliphatic rings. The molecule has 0 bridgehead atoms. The first-order chi connectivity index (χ1) is 29.8. The van der Waals surface area contributed by atoms with Crippen molar-refractivity contribution in [3.8, 4) is 33.6 Å². The van der Waals surface area contributed by atoms with Gasteiger partial charge in [0.1, 0.15) is 23.3 Å². The van der Waals surface area contributed by atoms with E-state index in [2.05, 4.69) is 57.7 Å². The van der Waals surface area contributed by atoms with Gasteiger partial charge in [-0.15, -0.1) is 0 Å². The number of carbonyl (C=O) groups is 3. The van der Waals surface area contributed by atoms with Crippen molar-refractivity contribution in [2.75, 3.05) is 20.2 Å². The van der Waals surface area contributed by atoms with Crippen molar-refractivity contribution in [3.05, 3.63) is 77.6 Å². The molecule has 0 unspecified atom stereocenters. The van der Waals surface area contributed by atoms with E-state index in [0.29, 0.717) is 13.1 Å². The maximum absolute atomic E-state index is 13.7. The molecule has 5 aromatic rings. The molecule has 3 atom stereocenters. The minimum atomic E-state index is -0.687. The van der Waals surface area contributed by atoms with E-state index in [1.165, 1.54) is 67.0 Å². The van der Waals surface area contributed by atoms with Gasteiger partial charge >= 0.3 is 12.2 Å². The Kier molecular flexibility index (Phi) is 11.1. The van der Waals surface area contributed by atoms with Crippen LogP contribution in [0.4, 0.5) is 9.59 Å². The SMILES string of the molecule is COC(=O)N[C@H](C(=O)N1CCC[C@H]1c1ncc(-c2ccc(-c3ccc(-c4ccc5nc([C@@H]6CCCN6C(=O)OC(C)(C)C)[nH]c5c4)c4c3CCCC43CCCC3)nc2)[nH]1)C(C)C. The van der Waals surface area contributed by atoms with Gasteiger partial charge in [0.25, 0.3) is 0 Å². The van der Waals surface area contributed by atoms with Crippen molar-refractivity contribution >= 4 is 29.1 Å². The predicted molar refractivity (Wildman–Crippen MR) is 238 cm³/mol. The molecular formula is C49H60N8O5. The summed E-state index contributed by atoms with van der Waals surface area (Å²) in [4.78, 5) is 64.5. The number of alkyl carbamates (subject to hydrolysis) is 1. The van der Waals surface area contributed by atoms with Crippen molar-refractivity contribution in [3.63, 3.8) is 0 Å². The molecule has 326 valence electrons. The fourth-order valence-corrected chi connectivity index (χ4v) is 10.8. The first-order valence-electron chi connectivity index (χ1n) is 22.7. The Labute approximate surface area is 363 Å². The first kappa shape index (κ1) is 41.6. The maximum Gasteiger partial charge on any atom is 0.410 e. The molecule has 0 radical (unpaired) electrons. The fraction of sp³-hybridized carbons (Fsp3) is 0.510. The van der Waals surface area contributed by atoms with E-state index in [0.717, 1.165) is 78.2 Å². The number of H-pyrrole nitrogens is 2. The van der Waals surface area contributed by atoms with Crippen LogP contribution in [0.1, 0.15) is 134 Å². The van der Waals surface area contributed by atoms with Crippen LogP contribution in [0.25, 0.3) is 44.7 Å². The fourth-order valence-electron chi connectivity index (χ4n) is 10.8. The zero-order chi connectivity index (χ0) is 43.3. The first-order valence-corrected chi connectivity index (χ1v) is 22.7. The van der Waals surface area contributed by atoms with Crippen LogP contribution in [0.3, 0.4) is 0 Å². The van der Waals surface area contributed by atoms with Gasteiger partial charge in [-0.1, -0.05) is 44.9 Å². The monoisotopic (exact) mass is 840 g/mol. The highest BCUT2D eigenvalue weighted by molar-refractivity contribution is 5.87. The highest BCUT2D eigenvalue weighted by Crippen LogP contribution is 2.54. The molecule has 1 saturated carbocycles. The Bertz CT molecular complexity index is 2480. The number of imidazole rings is 2. The lowest BCUT2D eigenvalue weighted by atomic mass is 9.65. The highest BCUT2D eigenvalue weighted by atomic mass is 16.6. The molecule has 1 spiro atoms. The number of fused-ring (bicyclic) bond motifs is 3. The topological polar surface area (TPSA) is 158 Å². The number of nitrogens with one attached hydrogen (secondary N) is 3. The summed E-state index contributed by atoms with van der Waals surface area (Å²) in [6.45, 7) is 10.8. The third kappa shape index (κ3) is 7.83. The summed E-state index contributed by atoms with van der Waals surface area (Å²) in [5.41, 5.74) is 10.8. The smallest absolute Gasteiger partial charge is 0.410 e. The van der Waals surface area contributed by atoms with Crippen molar-refractivity contribution in [2.45, 2.75) is 134 Å². The Morgan fingerprint density at radius 3 is 2.24 bits per heavy atom. The predicted octanol–water partition coefficient (Wildman–Crippen LogP) is 9.95. The number of hydrogen-bond acceptors (Lipinski definition) is 8. The number of nitrogens with zero attached hydrogens (tertiary/aromatic N) is 5. The van der Waals surface area contributed by atoms with Crippen LogP contribution in [0.15, 0.2) is 54.9 Å². The highest BCUT2D eigenvalue weighted by Gasteiger charge is 2.42. The van der Waals surface area contributed by atoms with Crippen LogP contribution in [-0.2, 0) is 26.1 Å².